The molecular formula is C18H26ClN3O. The Bertz CT molecular complexity index is 594. The first-order valence-corrected chi connectivity index (χ1v) is 8.30. The van der Waals surface area contributed by atoms with Gasteiger partial charge in [-0.05, 0) is 50.8 Å². The Balaban J connectivity index is 0.00000192. The molecule has 1 aliphatic carbocycles. The largest absolute Gasteiger partial charge is 0.396 e. The molecule has 1 fully saturated rings. The standard InChI is InChI=1S/C18H25N3O.ClH/c22-12-2-10-20-15-5-7-16(8-6-15)21-18-4-1-3-14-13-19-11-9-17(14)18;/h1,3-4,9,11,13,15-16,20-22H,2,5-8,10,12H2;1H/t15-,16+;. The molecule has 0 atom stereocenters. The van der Waals surface area contributed by atoms with E-state index in [9.17, 15) is 0 Å². The van der Waals surface area contributed by atoms with Crippen LogP contribution in [0.4, 0.5) is 5.69 Å². The Hall–Kier alpha value is -1.36. The van der Waals surface area contributed by atoms with Crippen LogP contribution in [0.2, 0.25) is 0 Å². The fourth-order valence-electron chi connectivity index (χ4n) is 3.30. The summed E-state index contributed by atoms with van der Waals surface area (Å²) in [6.45, 7) is 1.20. The van der Waals surface area contributed by atoms with Gasteiger partial charge in [-0.3, -0.25) is 4.98 Å². The molecule has 0 unspecified atom stereocenters. The van der Waals surface area contributed by atoms with E-state index in [0.717, 1.165) is 13.0 Å². The van der Waals surface area contributed by atoms with Crippen molar-refractivity contribution in [3.05, 3.63) is 36.7 Å². The molecule has 5 heteroatoms. The van der Waals surface area contributed by atoms with Crippen molar-refractivity contribution in [2.75, 3.05) is 18.5 Å². The van der Waals surface area contributed by atoms with E-state index in [0.29, 0.717) is 12.1 Å². The normalized spacial score (nSPS) is 20.9. The Kier molecular flexibility index (Phi) is 7.09. The van der Waals surface area contributed by atoms with Crippen LogP contribution in [0.25, 0.3) is 10.8 Å². The van der Waals surface area contributed by atoms with Crippen molar-refractivity contribution in [2.24, 2.45) is 0 Å². The van der Waals surface area contributed by atoms with Gasteiger partial charge in [-0.1, -0.05) is 12.1 Å². The summed E-state index contributed by atoms with van der Waals surface area (Å²) >= 11 is 0. The second kappa shape index (κ2) is 9.06. The van der Waals surface area contributed by atoms with Crippen LogP contribution in [-0.2, 0) is 0 Å². The number of rotatable bonds is 6. The topological polar surface area (TPSA) is 57.2 Å². The van der Waals surface area contributed by atoms with Crippen LogP contribution in [0.3, 0.4) is 0 Å². The van der Waals surface area contributed by atoms with E-state index >= 15 is 0 Å². The Morgan fingerprint density at radius 1 is 1.09 bits per heavy atom. The second-order valence-electron chi connectivity index (χ2n) is 6.13. The molecule has 0 amide bonds. The first kappa shape index (κ1) is 18.0. The number of benzene rings is 1. The zero-order valence-corrected chi connectivity index (χ0v) is 14.2. The molecule has 1 aliphatic rings. The molecule has 3 rings (SSSR count). The van der Waals surface area contributed by atoms with Crippen LogP contribution in [0.1, 0.15) is 32.1 Å². The third-order valence-electron chi connectivity index (χ3n) is 4.54. The zero-order valence-electron chi connectivity index (χ0n) is 13.4. The van der Waals surface area contributed by atoms with Crippen LogP contribution in [0.5, 0.6) is 0 Å². The van der Waals surface area contributed by atoms with Gasteiger partial charge in [0, 0.05) is 47.5 Å². The van der Waals surface area contributed by atoms with Crippen molar-refractivity contribution < 1.29 is 5.11 Å². The molecule has 0 spiro atoms. The summed E-state index contributed by atoms with van der Waals surface area (Å²) in [6, 6.07) is 9.60. The van der Waals surface area contributed by atoms with Crippen molar-refractivity contribution >= 4 is 28.9 Å². The molecule has 0 radical (unpaired) electrons. The third kappa shape index (κ3) is 4.80. The van der Waals surface area contributed by atoms with Crippen LogP contribution < -0.4 is 10.6 Å². The predicted molar refractivity (Wildman–Crippen MR) is 98.4 cm³/mol. The molecule has 4 nitrogen and oxygen atoms in total. The lowest BCUT2D eigenvalue weighted by Crippen LogP contribution is -2.37. The van der Waals surface area contributed by atoms with E-state index in [1.807, 2.05) is 12.4 Å². The maximum absolute atomic E-state index is 8.83. The fourth-order valence-corrected chi connectivity index (χ4v) is 3.30. The molecule has 23 heavy (non-hydrogen) atoms. The summed E-state index contributed by atoms with van der Waals surface area (Å²) in [4.78, 5) is 4.19. The number of nitrogens with zero attached hydrogens (tertiary/aromatic N) is 1. The number of halogens is 1. The molecule has 1 heterocycles. The van der Waals surface area contributed by atoms with E-state index < -0.39 is 0 Å². The Morgan fingerprint density at radius 3 is 2.65 bits per heavy atom. The van der Waals surface area contributed by atoms with E-state index in [-0.39, 0.29) is 19.0 Å². The highest BCUT2D eigenvalue weighted by Crippen LogP contribution is 2.27. The van der Waals surface area contributed by atoms with Crippen molar-refractivity contribution in [1.82, 2.24) is 10.3 Å². The molecule has 126 valence electrons. The average molecular weight is 336 g/mol. The number of aliphatic hydroxyl groups is 1. The zero-order chi connectivity index (χ0) is 15.2. The fraction of sp³-hybridized carbons (Fsp3) is 0.500. The van der Waals surface area contributed by atoms with Gasteiger partial charge in [0.25, 0.3) is 0 Å². The maximum atomic E-state index is 8.83. The summed E-state index contributed by atoms with van der Waals surface area (Å²) in [5, 5.41) is 18.5. The summed E-state index contributed by atoms with van der Waals surface area (Å²) in [5.41, 5.74) is 1.22. The monoisotopic (exact) mass is 335 g/mol. The molecule has 3 N–H and O–H groups in total. The van der Waals surface area contributed by atoms with Gasteiger partial charge >= 0.3 is 0 Å². The van der Waals surface area contributed by atoms with Crippen molar-refractivity contribution in [3.63, 3.8) is 0 Å². The third-order valence-corrected chi connectivity index (χ3v) is 4.54. The Morgan fingerprint density at radius 2 is 1.87 bits per heavy atom. The number of anilines is 1. The lowest BCUT2D eigenvalue weighted by atomic mass is 9.90. The molecule has 0 bridgehead atoms. The highest BCUT2D eigenvalue weighted by Gasteiger charge is 2.20. The first-order valence-electron chi connectivity index (χ1n) is 8.30. The van der Waals surface area contributed by atoms with Crippen LogP contribution in [-0.4, -0.2) is 35.3 Å². The number of nitrogens with one attached hydrogen (secondary N) is 2. The molecule has 0 saturated heterocycles. The number of hydrogen-bond donors (Lipinski definition) is 3. The van der Waals surface area contributed by atoms with Crippen LogP contribution in [0, 0.1) is 0 Å². The number of fused-ring (bicyclic) bond motifs is 1. The second-order valence-corrected chi connectivity index (χ2v) is 6.13. The highest BCUT2D eigenvalue weighted by molar-refractivity contribution is 5.93. The molecule has 1 saturated carbocycles. The van der Waals surface area contributed by atoms with E-state index in [4.69, 9.17) is 5.11 Å². The van der Waals surface area contributed by atoms with Crippen molar-refractivity contribution in [3.8, 4) is 0 Å². The van der Waals surface area contributed by atoms with E-state index in [2.05, 4.69) is 39.9 Å². The minimum atomic E-state index is 0. The predicted octanol–water partition coefficient (Wildman–Crippen LogP) is 3.35. The lowest BCUT2D eigenvalue weighted by Gasteiger charge is -2.30. The average Bonchev–Trinajstić information content (AvgIpc) is 2.57. The maximum Gasteiger partial charge on any atom is 0.0443 e. The van der Waals surface area contributed by atoms with Gasteiger partial charge in [-0.2, -0.15) is 0 Å². The summed E-state index contributed by atoms with van der Waals surface area (Å²) in [7, 11) is 0. The SMILES string of the molecule is Cl.OCCCN[C@H]1CC[C@@H](Nc2cccc3cnccc23)CC1. The lowest BCUT2D eigenvalue weighted by molar-refractivity contribution is 0.276. The number of pyridine rings is 1. The molecule has 1 aromatic carbocycles. The van der Waals surface area contributed by atoms with Crippen LogP contribution >= 0.6 is 12.4 Å². The van der Waals surface area contributed by atoms with Crippen LogP contribution in [0.15, 0.2) is 36.7 Å². The minimum absolute atomic E-state index is 0. The van der Waals surface area contributed by atoms with Gasteiger partial charge in [0.15, 0.2) is 0 Å². The van der Waals surface area contributed by atoms with Gasteiger partial charge in [-0.25, -0.2) is 0 Å². The summed E-state index contributed by atoms with van der Waals surface area (Å²) in [6.07, 6.45) is 9.42. The van der Waals surface area contributed by atoms with Gasteiger partial charge in [-0.15, -0.1) is 12.4 Å². The van der Waals surface area contributed by atoms with Crippen molar-refractivity contribution in [2.45, 2.75) is 44.2 Å². The number of aliphatic hydroxyl groups excluding tert-OH is 1. The Labute approximate surface area is 144 Å². The van der Waals surface area contributed by atoms with Gasteiger partial charge < -0.3 is 15.7 Å². The number of hydrogen-bond acceptors (Lipinski definition) is 4. The first-order chi connectivity index (χ1) is 10.9. The molecular weight excluding hydrogens is 310 g/mol. The highest BCUT2D eigenvalue weighted by atomic mass is 35.5. The van der Waals surface area contributed by atoms with E-state index in [1.165, 1.54) is 42.1 Å². The summed E-state index contributed by atoms with van der Waals surface area (Å²) < 4.78 is 0. The molecule has 0 aliphatic heterocycles. The van der Waals surface area contributed by atoms with Gasteiger partial charge in [0.05, 0.1) is 0 Å². The minimum Gasteiger partial charge on any atom is -0.396 e. The molecule has 2 aromatic rings. The molecule has 1 aromatic heterocycles. The van der Waals surface area contributed by atoms with Gasteiger partial charge in [0.1, 0.15) is 0 Å². The quantitative estimate of drug-likeness (QED) is 0.709. The van der Waals surface area contributed by atoms with Gasteiger partial charge in [0.2, 0.25) is 0 Å². The van der Waals surface area contributed by atoms with Crippen molar-refractivity contribution in [1.29, 1.82) is 0 Å². The smallest absolute Gasteiger partial charge is 0.0443 e. The summed E-state index contributed by atoms with van der Waals surface area (Å²) in [5.74, 6) is 0. The van der Waals surface area contributed by atoms with E-state index in [1.54, 1.807) is 0 Å². The number of aromatic nitrogens is 1.